The summed E-state index contributed by atoms with van der Waals surface area (Å²) in [6.45, 7) is 1.76. The fraction of sp³-hybridized carbons (Fsp3) is 0.0833. The SMILES string of the molecule is Cc1cn[nH]c1NS(=O)(=O)c1c[nH]c2cc(N)ccc12. The molecule has 0 amide bonds. The molecule has 0 aliphatic carbocycles. The van der Waals surface area contributed by atoms with Gasteiger partial charge < -0.3 is 10.7 Å². The Hall–Kier alpha value is -2.48. The van der Waals surface area contributed by atoms with Crippen LogP contribution >= 0.6 is 0 Å². The van der Waals surface area contributed by atoms with Crippen LogP contribution in [0.4, 0.5) is 11.5 Å². The van der Waals surface area contributed by atoms with Gasteiger partial charge in [0, 0.05) is 28.4 Å². The standard InChI is InChI=1S/C12H13N5O2S/c1-7-5-15-16-12(7)17-20(18,19)11-6-14-10-4-8(13)2-3-9(10)11/h2-6,14H,13H2,1H3,(H2,15,16,17). The van der Waals surface area contributed by atoms with Crippen LogP contribution in [-0.2, 0) is 10.0 Å². The Morgan fingerprint density at radius 3 is 2.85 bits per heavy atom. The fourth-order valence-electron chi connectivity index (χ4n) is 1.98. The highest BCUT2D eigenvalue weighted by molar-refractivity contribution is 7.93. The van der Waals surface area contributed by atoms with Crippen LogP contribution in [0.2, 0.25) is 0 Å². The van der Waals surface area contributed by atoms with Crippen LogP contribution in [-0.4, -0.2) is 23.6 Å². The topological polar surface area (TPSA) is 117 Å². The van der Waals surface area contributed by atoms with Gasteiger partial charge in [0.15, 0.2) is 0 Å². The van der Waals surface area contributed by atoms with Crippen molar-refractivity contribution in [3.05, 3.63) is 36.2 Å². The number of sulfonamides is 1. The van der Waals surface area contributed by atoms with Crippen LogP contribution in [0.25, 0.3) is 10.9 Å². The summed E-state index contributed by atoms with van der Waals surface area (Å²) in [7, 11) is -3.70. The number of hydrogen-bond acceptors (Lipinski definition) is 4. The molecule has 5 N–H and O–H groups in total. The number of benzene rings is 1. The van der Waals surface area contributed by atoms with Gasteiger partial charge in [-0.3, -0.25) is 9.82 Å². The second-order valence-corrected chi connectivity index (χ2v) is 6.14. The van der Waals surface area contributed by atoms with Crippen LogP contribution in [0, 0.1) is 6.92 Å². The van der Waals surface area contributed by atoms with Crippen molar-refractivity contribution in [2.24, 2.45) is 0 Å². The second-order valence-electron chi connectivity index (χ2n) is 4.49. The Balaban J connectivity index is 2.08. The van der Waals surface area contributed by atoms with Gasteiger partial charge in [0.2, 0.25) is 0 Å². The molecule has 0 aliphatic heterocycles. The Kier molecular flexibility index (Phi) is 2.68. The lowest BCUT2D eigenvalue weighted by Gasteiger charge is -2.05. The Morgan fingerprint density at radius 1 is 1.35 bits per heavy atom. The zero-order valence-corrected chi connectivity index (χ0v) is 11.5. The molecule has 7 nitrogen and oxygen atoms in total. The summed E-state index contributed by atoms with van der Waals surface area (Å²) in [5, 5.41) is 6.98. The van der Waals surface area contributed by atoms with Gasteiger partial charge in [-0.25, -0.2) is 8.42 Å². The zero-order chi connectivity index (χ0) is 14.3. The number of aryl methyl sites for hydroxylation is 1. The molecule has 2 aromatic heterocycles. The first-order valence-electron chi connectivity index (χ1n) is 5.87. The molecule has 8 heteroatoms. The van der Waals surface area contributed by atoms with E-state index >= 15 is 0 Å². The van der Waals surface area contributed by atoms with Crippen molar-refractivity contribution in [1.82, 2.24) is 15.2 Å². The zero-order valence-electron chi connectivity index (χ0n) is 10.6. The number of H-pyrrole nitrogens is 2. The number of aromatic amines is 2. The minimum absolute atomic E-state index is 0.168. The van der Waals surface area contributed by atoms with E-state index in [2.05, 4.69) is 19.9 Å². The number of anilines is 2. The van der Waals surface area contributed by atoms with Crippen molar-refractivity contribution in [1.29, 1.82) is 0 Å². The quantitative estimate of drug-likeness (QED) is 0.548. The molecule has 0 atom stereocenters. The molecule has 0 unspecified atom stereocenters. The van der Waals surface area contributed by atoms with Gasteiger partial charge in [0.05, 0.1) is 6.20 Å². The first kappa shape index (κ1) is 12.5. The van der Waals surface area contributed by atoms with E-state index in [0.29, 0.717) is 22.4 Å². The van der Waals surface area contributed by atoms with Crippen molar-refractivity contribution < 1.29 is 8.42 Å². The molecule has 2 heterocycles. The molecule has 0 aliphatic rings. The number of aromatic nitrogens is 3. The number of nitrogens with two attached hydrogens (primary N) is 1. The van der Waals surface area contributed by atoms with E-state index in [1.807, 2.05) is 0 Å². The molecule has 0 saturated heterocycles. The molecular formula is C12H13N5O2S. The number of nitrogens with zero attached hydrogens (tertiary/aromatic N) is 1. The van der Waals surface area contributed by atoms with Gasteiger partial charge in [0.25, 0.3) is 10.0 Å². The van der Waals surface area contributed by atoms with E-state index in [1.165, 1.54) is 6.20 Å². The third-order valence-corrected chi connectivity index (χ3v) is 4.41. The molecule has 20 heavy (non-hydrogen) atoms. The molecule has 0 spiro atoms. The summed E-state index contributed by atoms with van der Waals surface area (Å²) < 4.78 is 27.3. The summed E-state index contributed by atoms with van der Waals surface area (Å²) in [6, 6.07) is 5.03. The van der Waals surface area contributed by atoms with Gasteiger partial charge in [-0.05, 0) is 25.1 Å². The summed E-state index contributed by atoms with van der Waals surface area (Å²) in [4.78, 5) is 3.07. The van der Waals surface area contributed by atoms with Crippen molar-refractivity contribution in [2.45, 2.75) is 11.8 Å². The highest BCUT2D eigenvalue weighted by atomic mass is 32.2. The Bertz CT molecular complexity index is 878. The lowest BCUT2D eigenvalue weighted by atomic mass is 10.2. The summed E-state index contributed by atoms with van der Waals surface area (Å²) in [6.07, 6.45) is 2.99. The van der Waals surface area contributed by atoms with E-state index in [1.54, 1.807) is 31.3 Å². The smallest absolute Gasteiger partial charge is 0.265 e. The highest BCUT2D eigenvalue weighted by Crippen LogP contribution is 2.26. The van der Waals surface area contributed by atoms with Gasteiger partial charge >= 0.3 is 0 Å². The first-order valence-corrected chi connectivity index (χ1v) is 7.35. The van der Waals surface area contributed by atoms with Crippen LogP contribution < -0.4 is 10.5 Å². The van der Waals surface area contributed by atoms with E-state index in [4.69, 9.17) is 5.73 Å². The molecule has 0 saturated carbocycles. The second kappa shape index (κ2) is 4.27. The molecule has 0 bridgehead atoms. The molecule has 3 rings (SSSR count). The van der Waals surface area contributed by atoms with Crippen molar-refractivity contribution >= 4 is 32.4 Å². The minimum atomic E-state index is -3.70. The van der Waals surface area contributed by atoms with Gasteiger partial charge in [-0.1, -0.05) is 0 Å². The third-order valence-electron chi connectivity index (χ3n) is 3.02. The summed E-state index contributed by atoms with van der Waals surface area (Å²) in [5.41, 5.74) is 7.64. The first-order chi connectivity index (χ1) is 9.47. The summed E-state index contributed by atoms with van der Waals surface area (Å²) >= 11 is 0. The maximum absolute atomic E-state index is 12.4. The number of nitrogen functional groups attached to an aromatic ring is 1. The third kappa shape index (κ3) is 1.99. The monoisotopic (exact) mass is 291 g/mol. The van der Waals surface area contributed by atoms with Crippen LogP contribution in [0.15, 0.2) is 35.5 Å². The molecule has 104 valence electrons. The highest BCUT2D eigenvalue weighted by Gasteiger charge is 2.20. The normalized spacial score (nSPS) is 11.8. The maximum Gasteiger partial charge on any atom is 0.265 e. The van der Waals surface area contributed by atoms with Crippen LogP contribution in [0.5, 0.6) is 0 Å². The molecular weight excluding hydrogens is 278 g/mol. The summed E-state index contributed by atoms with van der Waals surface area (Å²) in [5.74, 6) is 0.356. The molecule has 1 aromatic carbocycles. The Labute approximate surface area is 115 Å². The minimum Gasteiger partial charge on any atom is -0.399 e. The van der Waals surface area contributed by atoms with Gasteiger partial charge in [-0.2, -0.15) is 5.10 Å². The van der Waals surface area contributed by atoms with E-state index in [9.17, 15) is 8.42 Å². The average molecular weight is 291 g/mol. The molecule has 3 aromatic rings. The molecule has 0 fully saturated rings. The average Bonchev–Trinajstić information content (AvgIpc) is 2.96. The largest absolute Gasteiger partial charge is 0.399 e. The lowest BCUT2D eigenvalue weighted by molar-refractivity contribution is 0.602. The van der Waals surface area contributed by atoms with E-state index in [0.717, 1.165) is 5.56 Å². The number of nitrogens with one attached hydrogen (secondary N) is 3. The maximum atomic E-state index is 12.4. The Morgan fingerprint density at radius 2 is 2.15 bits per heavy atom. The van der Waals surface area contributed by atoms with Crippen LogP contribution in [0.3, 0.4) is 0 Å². The lowest BCUT2D eigenvalue weighted by Crippen LogP contribution is -2.13. The van der Waals surface area contributed by atoms with Crippen LogP contribution in [0.1, 0.15) is 5.56 Å². The van der Waals surface area contributed by atoms with Gasteiger partial charge in [-0.15, -0.1) is 0 Å². The van der Waals surface area contributed by atoms with Crippen molar-refractivity contribution in [3.8, 4) is 0 Å². The van der Waals surface area contributed by atoms with Gasteiger partial charge in [0.1, 0.15) is 10.7 Å². The number of rotatable bonds is 3. The predicted octanol–water partition coefficient (Wildman–Crippen LogP) is 1.58. The van der Waals surface area contributed by atoms with Crippen molar-refractivity contribution in [2.75, 3.05) is 10.5 Å². The number of hydrogen-bond donors (Lipinski definition) is 4. The number of fused-ring (bicyclic) bond motifs is 1. The van der Waals surface area contributed by atoms with E-state index in [-0.39, 0.29) is 4.90 Å². The van der Waals surface area contributed by atoms with E-state index < -0.39 is 10.0 Å². The van der Waals surface area contributed by atoms with Crippen molar-refractivity contribution in [3.63, 3.8) is 0 Å². The fourth-order valence-corrected chi connectivity index (χ4v) is 3.25. The predicted molar refractivity (Wildman–Crippen MR) is 76.8 cm³/mol. The molecule has 0 radical (unpaired) electrons.